The van der Waals surface area contributed by atoms with E-state index >= 15 is 0 Å². The zero-order valence-electron chi connectivity index (χ0n) is 13.7. The van der Waals surface area contributed by atoms with Gasteiger partial charge < -0.3 is 10.1 Å². The van der Waals surface area contributed by atoms with E-state index in [1.165, 1.54) is 4.90 Å². The molecular formula is C15H27N3O3. The van der Waals surface area contributed by atoms with Gasteiger partial charge in [0.25, 0.3) is 5.91 Å². The van der Waals surface area contributed by atoms with Crippen LogP contribution in [0.4, 0.5) is 4.79 Å². The Bertz CT molecular complexity index is 434. The molecule has 0 spiro atoms. The number of carbonyl (C=O) groups is 2. The summed E-state index contributed by atoms with van der Waals surface area (Å²) in [6, 6.07) is -0.277. The summed E-state index contributed by atoms with van der Waals surface area (Å²) in [6.45, 7) is 12.9. The molecule has 0 aromatic rings. The molecule has 2 aliphatic heterocycles. The Morgan fingerprint density at radius 2 is 1.90 bits per heavy atom. The summed E-state index contributed by atoms with van der Waals surface area (Å²) in [5.74, 6) is -0.136. The van der Waals surface area contributed by atoms with Crippen molar-refractivity contribution >= 4 is 11.9 Å². The van der Waals surface area contributed by atoms with E-state index in [-0.39, 0.29) is 23.6 Å². The van der Waals surface area contributed by atoms with Gasteiger partial charge in [-0.1, -0.05) is 0 Å². The van der Waals surface area contributed by atoms with Gasteiger partial charge in [0.1, 0.15) is 5.54 Å². The van der Waals surface area contributed by atoms with Crippen molar-refractivity contribution in [1.82, 2.24) is 15.1 Å². The number of imide groups is 1. The van der Waals surface area contributed by atoms with Gasteiger partial charge in [0.2, 0.25) is 0 Å². The Kier molecular flexibility index (Phi) is 4.31. The molecule has 6 nitrogen and oxygen atoms in total. The summed E-state index contributed by atoms with van der Waals surface area (Å²) < 4.78 is 5.87. The second kappa shape index (κ2) is 5.57. The maximum Gasteiger partial charge on any atom is 0.325 e. The summed E-state index contributed by atoms with van der Waals surface area (Å²) in [5.41, 5.74) is -0.910. The highest BCUT2D eigenvalue weighted by Gasteiger charge is 2.43. The fourth-order valence-corrected chi connectivity index (χ4v) is 3.23. The highest BCUT2D eigenvalue weighted by atomic mass is 16.5. The molecular weight excluding hydrogens is 270 g/mol. The Balaban J connectivity index is 1.82. The first kappa shape index (κ1) is 16.2. The van der Waals surface area contributed by atoms with Gasteiger partial charge in [0.05, 0.1) is 11.7 Å². The lowest BCUT2D eigenvalue weighted by atomic mass is 10.1. The monoisotopic (exact) mass is 297 g/mol. The standard InChI is InChI=1S/C15H27N3O3/c1-11-9-17(10-14(2,3)21-11)7-6-8-18-12(19)15(4,5)16-13(18)20/h11H,6-10H2,1-5H3,(H,16,20). The number of amides is 3. The zero-order chi connectivity index (χ0) is 15.8. The number of urea groups is 1. The molecule has 0 radical (unpaired) electrons. The summed E-state index contributed by atoms with van der Waals surface area (Å²) in [7, 11) is 0. The average Bonchev–Trinajstić information content (AvgIpc) is 2.48. The highest BCUT2D eigenvalue weighted by molar-refractivity contribution is 6.06. The van der Waals surface area contributed by atoms with Crippen LogP contribution in [0.25, 0.3) is 0 Å². The van der Waals surface area contributed by atoms with Crippen molar-refractivity contribution < 1.29 is 14.3 Å². The molecule has 0 aromatic heterocycles. The van der Waals surface area contributed by atoms with Crippen LogP contribution in [0.2, 0.25) is 0 Å². The van der Waals surface area contributed by atoms with Gasteiger partial charge in [0, 0.05) is 26.2 Å². The van der Waals surface area contributed by atoms with E-state index < -0.39 is 5.54 Å². The van der Waals surface area contributed by atoms with E-state index in [0.717, 1.165) is 26.1 Å². The van der Waals surface area contributed by atoms with Crippen molar-refractivity contribution in [3.63, 3.8) is 0 Å². The first-order valence-electron chi connectivity index (χ1n) is 7.65. The SMILES string of the molecule is CC1CN(CCCN2C(=O)NC(C)(C)C2=O)CC(C)(C)O1. The van der Waals surface area contributed by atoms with Crippen LogP contribution >= 0.6 is 0 Å². The summed E-state index contributed by atoms with van der Waals surface area (Å²) in [5, 5.41) is 2.71. The molecule has 2 saturated heterocycles. The number of rotatable bonds is 4. The lowest BCUT2D eigenvalue weighted by Gasteiger charge is -2.41. The number of nitrogens with zero attached hydrogens (tertiary/aromatic N) is 2. The second-order valence-corrected chi connectivity index (χ2v) is 7.29. The fourth-order valence-electron chi connectivity index (χ4n) is 3.23. The van der Waals surface area contributed by atoms with E-state index in [1.54, 1.807) is 13.8 Å². The van der Waals surface area contributed by atoms with Crippen molar-refractivity contribution in [3.8, 4) is 0 Å². The van der Waals surface area contributed by atoms with Crippen LogP contribution in [-0.2, 0) is 9.53 Å². The van der Waals surface area contributed by atoms with E-state index in [2.05, 4.69) is 31.0 Å². The third kappa shape index (κ3) is 3.74. The number of morpholine rings is 1. The van der Waals surface area contributed by atoms with Crippen molar-refractivity contribution in [1.29, 1.82) is 0 Å². The fraction of sp³-hybridized carbons (Fsp3) is 0.867. The van der Waals surface area contributed by atoms with Crippen LogP contribution in [0, 0.1) is 0 Å². The van der Waals surface area contributed by atoms with Crippen molar-refractivity contribution in [2.45, 2.75) is 58.3 Å². The second-order valence-electron chi connectivity index (χ2n) is 7.29. The lowest BCUT2D eigenvalue weighted by Crippen LogP contribution is -2.52. The van der Waals surface area contributed by atoms with Crippen LogP contribution in [0.5, 0.6) is 0 Å². The lowest BCUT2D eigenvalue weighted by molar-refractivity contribution is -0.132. The Labute approximate surface area is 126 Å². The first-order chi connectivity index (χ1) is 9.61. The maximum absolute atomic E-state index is 12.1. The van der Waals surface area contributed by atoms with Crippen molar-refractivity contribution in [2.75, 3.05) is 26.2 Å². The minimum absolute atomic E-state index is 0.136. The molecule has 0 saturated carbocycles. The molecule has 0 aliphatic carbocycles. The molecule has 2 fully saturated rings. The molecule has 0 aromatic carbocycles. The van der Waals surface area contributed by atoms with Gasteiger partial charge in [-0.15, -0.1) is 0 Å². The minimum atomic E-state index is -0.771. The largest absolute Gasteiger partial charge is 0.370 e. The van der Waals surface area contributed by atoms with E-state index in [0.29, 0.717) is 6.54 Å². The molecule has 0 bridgehead atoms. The number of hydrogen-bond donors (Lipinski definition) is 1. The smallest absolute Gasteiger partial charge is 0.325 e. The van der Waals surface area contributed by atoms with Crippen LogP contribution in [-0.4, -0.2) is 65.2 Å². The molecule has 2 heterocycles. The Morgan fingerprint density at radius 3 is 2.43 bits per heavy atom. The number of nitrogens with one attached hydrogen (secondary N) is 1. The van der Waals surface area contributed by atoms with Gasteiger partial charge in [-0.2, -0.15) is 0 Å². The molecule has 6 heteroatoms. The predicted molar refractivity (Wildman–Crippen MR) is 80.0 cm³/mol. The molecule has 3 amide bonds. The number of ether oxygens (including phenoxy) is 1. The van der Waals surface area contributed by atoms with E-state index in [1.807, 2.05) is 0 Å². The Morgan fingerprint density at radius 1 is 1.24 bits per heavy atom. The van der Waals surface area contributed by atoms with Gasteiger partial charge in [0.15, 0.2) is 0 Å². The van der Waals surface area contributed by atoms with Crippen LogP contribution < -0.4 is 5.32 Å². The highest BCUT2D eigenvalue weighted by Crippen LogP contribution is 2.21. The molecule has 21 heavy (non-hydrogen) atoms. The third-order valence-electron chi connectivity index (χ3n) is 3.94. The minimum Gasteiger partial charge on any atom is -0.370 e. The average molecular weight is 297 g/mol. The molecule has 1 N–H and O–H groups in total. The first-order valence-corrected chi connectivity index (χ1v) is 7.65. The van der Waals surface area contributed by atoms with Gasteiger partial charge in [-0.05, 0) is 41.0 Å². The van der Waals surface area contributed by atoms with Gasteiger partial charge in [-0.3, -0.25) is 14.6 Å². The van der Waals surface area contributed by atoms with Crippen LogP contribution in [0.15, 0.2) is 0 Å². The third-order valence-corrected chi connectivity index (χ3v) is 3.94. The predicted octanol–water partition coefficient (Wildman–Crippen LogP) is 1.21. The summed E-state index contributed by atoms with van der Waals surface area (Å²) >= 11 is 0. The molecule has 1 unspecified atom stereocenters. The normalized spacial score (nSPS) is 28.8. The van der Waals surface area contributed by atoms with Gasteiger partial charge in [-0.25, -0.2) is 4.79 Å². The van der Waals surface area contributed by atoms with E-state index in [4.69, 9.17) is 4.74 Å². The van der Waals surface area contributed by atoms with Crippen molar-refractivity contribution in [2.24, 2.45) is 0 Å². The zero-order valence-corrected chi connectivity index (χ0v) is 13.7. The molecule has 1 atom stereocenters. The summed E-state index contributed by atoms with van der Waals surface area (Å²) in [6.07, 6.45) is 1.00. The molecule has 2 rings (SSSR count). The van der Waals surface area contributed by atoms with Crippen LogP contribution in [0.1, 0.15) is 41.0 Å². The topological polar surface area (TPSA) is 61.9 Å². The van der Waals surface area contributed by atoms with Crippen LogP contribution in [0.3, 0.4) is 0 Å². The number of hydrogen-bond acceptors (Lipinski definition) is 4. The Hall–Kier alpha value is -1.14. The molecule has 120 valence electrons. The molecule has 2 aliphatic rings. The van der Waals surface area contributed by atoms with Gasteiger partial charge >= 0.3 is 6.03 Å². The quantitative estimate of drug-likeness (QED) is 0.792. The van der Waals surface area contributed by atoms with E-state index in [9.17, 15) is 9.59 Å². The maximum atomic E-state index is 12.1. The number of carbonyl (C=O) groups excluding carboxylic acids is 2. The van der Waals surface area contributed by atoms with Crippen molar-refractivity contribution in [3.05, 3.63) is 0 Å². The summed E-state index contributed by atoms with van der Waals surface area (Å²) in [4.78, 5) is 27.6.